The second-order valence-corrected chi connectivity index (χ2v) is 8.94. The third kappa shape index (κ3) is 13.6. The van der Waals surface area contributed by atoms with E-state index in [1.807, 2.05) is 45.0 Å². The molecule has 1 aromatic carbocycles. The van der Waals surface area contributed by atoms with Gasteiger partial charge in [0.1, 0.15) is 6.54 Å². The summed E-state index contributed by atoms with van der Waals surface area (Å²) in [5.74, 6) is 0.959. The van der Waals surface area contributed by atoms with Crippen molar-refractivity contribution in [3.8, 4) is 0 Å². The van der Waals surface area contributed by atoms with Crippen molar-refractivity contribution >= 4 is 65.1 Å². The molecule has 0 atom stereocenters. The minimum absolute atomic E-state index is 0. The predicted molar refractivity (Wildman–Crippen MR) is 132 cm³/mol. The van der Waals surface area contributed by atoms with Crippen LogP contribution in [0.3, 0.4) is 0 Å². The van der Waals surface area contributed by atoms with E-state index >= 15 is 0 Å². The Morgan fingerprint density at radius 2 is 1.76 bits per heavy atom. The highest BCUT2D eigenvalue weighted by molar-refractivity contribution is 14.0. The van der Waals surface area contributed by atoms with Crippen LogP contribution in [-0.2, 0) is 9.59 Å². The molecule has 0 unspecified atom stereocenters. The first-order valence-electron chi connectivity index (χ1n) is 8.98. The Morgan fingerprint density at radius 3 is 2.31 bits per heavy atom. The van der Waals surface area contributed by atoms with Gasteiger partial charge >= 0.3 is 0 Å². The Morgan fingerprint density at radius 1 is 1.14 bits per heavy atom. The van der Waals surface area contributed by atoms with Crippen molar-refractivity contribution in [2.24, 2.45) is 4.99 Å². The number of hydrogen-bond donors (Lipinski definition) is 3. The summed E-state index contributed by atoms with van der Waals surface area (Å²) in [4.78, 5) is 30.7. The number of nitrogens with one attached hydrogen (secondary N) is 3. The highest BCUT2D eigenvalue weighted by atomic mass is 127. The van der Waals surface area contributed by atoms with Gasteiger partial charge in [0.15, 0.2) is 5.96 Å². The molecule has 0 saturated heterocycles. The predicted octanol–water partition coefficient (Wildman–Crippen LogP) is 2.59. The summed E-state index contributed by atoms with van der Waals surface area (Å²) in [5, 5.41) is 9.69. The van der Waals surface area contributed by atoms with Crippen LogP contribution in [0.5, 0.6) is 0 Å². The standard InChI is InChI=1S/C19H30ClN5O2S.HI/c1-19(2,3)24-16(26)12-22-18(23-13-17(27)25(4)5)21-10-11-28-15-8-6-14(20)7-9-15;/h6-9H,10-13H2,1-5H3,(H,24,26)(H2,21,22,23);1H. The normalized spacial score (nSPS) is 11.3. The zero-order chi connectivity index (χ0) is 21.2. The van der Waals surface area contributed by atoms with Crippen LogP contribution in [0, 0.1) is 0 Å². The first-order chi connectivity index (χ1) is 13.1. The number of amides is 2. The number of thioether (sulfide) groups is 1. The maximum Gasteiger partial charge on any atom is 0.242 e. The number of benzene rings is 1. The molecular weight excluding hydrogens is 525 g/mol. The van der Waals surface area contributed by atoms with E-state index in [0.717, 1.165) is 10.6 Å². The molecule has 164 valence electrons. The number of carbonyl (C=O) groups is 2. The number of halogens is 2. The van der Waals surface area contributed by atoms with Crippen LogP contribution < -0.4 is 16.0 Å². The SMILES string of the molecule is CN(C)C(=O)CNC(=NCC(=O)NC(C)(C)C)NCCSc1ccc(Cl)cc1.I. The Hall–Kier alpha value is -1.20. The van der Waals surface area contributed by atoms with Crippen molar-refractivity contribution in [1.29, 1.82) is 0 Å². The molecule has 0 saturated carbocycles. The summed E-state index contributed by atoms with van der Waals surface area (Å²) in [7, 11) is 3.38. The van der Waals surface area contributed by atoms with Gasteiger partial charge in [0.05, 0.1) is 6.54 Å². The van der Waals surface area contributed by atoms with E-state index in [0.29, 0.717) is 17.5 Å². The lowest BCUT2D eigenvalue weighted by atomic mass is 10.1. The fourth-order valence-corrected chi connectivity index (χ4v) is 2.86. The molecular formula is C19H31ClIN5O2S. The van der Waals surface area contributed by atoms with Crippen LogP contribution in [0.25, 0.3) is 0 Å². The molecule has 29 heavy (non-hydrogen) atoms. The second-order valence-electron chi connectivity index (χ2n) is 7.33. The van der Waals surface area contributed by atoms with Gasteiger partial charge in [-0.2, -0.15) is 0 Å². The van der Waals surface area contributed by atoms with Gasteiger partial charge in [-0.15, -0.1) is 35.7 Å². The van der Waals surface area contributed by atoms with Gasteiger partial charge in [-0.25, -0.2) is 4.99 Å². The van der Waals surface area contributed by atoms with Crippen LogP contribution in [-0.4, -0.2) is 67.7 Å². The number of guanidine groups is 1. The van der Waals surface area contributed by atoms with Crippen molar-refractivity contribution in [1.82, 2.24) is 20.9 Å². The highest BCUT2D eigenvalue weighted by Crippen LogP contribution is 2.19. The molecule has 0 radical (unpaired) electrons. The minimum atomic E-state index is -0.316. The molecule has 3 N–H and O–H groups in total. The van der Waals surface area contributed by atoms with Crippen molar-refractivity contribution in [3.05, 3.63) is 29.3 Å². The first kappa shape index (κ1) is 27.8. The van der Waals surface area contributed by atoms with E-state index in [2.05, 4.69) is 20.9 Å². The molecule has 7 nitrogen and oxygen atoms in total. The fraction of sp³-hybridized carbons (Fsp3) is 0.526. The minimum Gasteiger partial charge on any atom is -0.356 e. The molecule has 1 aromatic rings. The summed E-state index contributed by atoms with van der Waals surface area (Å²) >= 11 is 7.56. The lowest BCUT2D eigenvalue weighted by Gasteiger charge is -2.20. The molecule has 0 aliphatic rings. The van der Waals surface area contributed by atoms with Crippen LogP contribution >= 0.6 is 47.3 Å². The molecule has 0 aromatic heterocycles. The topological polar surface area (TPSA) is 85.8 Å². The van der Waals surface area contributed by atoms with E-state index < -0.39 is 0 Å². The quantitative estimate of drug-likeness (QED) is 0.151. The third-order valence-corrected chi connectivity index (χ3v) is 4.54. The van der Waals surface area contributed by atoms with Gasteiger partial charge in [-0.1, -0.05) is 11.6 Å². The number of likely N-dealkylation sites (N-methyl/N-ethyl adjacent to an activating group) is 1. The Balaban J connectivity index is 0.00000784. The largest absolute Gasteiger partial charge is 0.356 e. The average molecular weight is 556 g/mol. The van der Waals surface area contributed by atoms with E-state index in [1.165, 1.54) is 4.90 Å². The van der Waals surface area contributed by atoms with Gasteiger partial charge in [-0.3, -0.25) is 9.59 Å². The van der Waals surface area contributed by atoms with Crippen molar-refractivity contribution in [2.75, 3.05) is 39.5 Å². The van der Waals surface area contributed by atoms with Crippen LogP contribution in [0.1, 0.15) is 20.8 Å². The number of rotatable bonds is 8. The van der Waals surface area contributed by atoms with E-state index in [4.69, 9.17) is 11.6 Å². The summed E-state index contributed by atoms with van der Waals surface area (Å²) in [6, 6.07) is 7.64. The zero-order valence-electron chi connectivity index (χ0n) is 17.5. The van der Waals surface area contributed by atoms with Crippen LogP contribution in [0.2, 0.25) is 5.02 Å². The van der Waals surface area contributed by atoms with Gasteiger partial charge < -0.3 is 20.9 Å². The van der Waals surface area contributed by atoms with Crippen molar-refractivity contribution < 1.29 is 9.59 Å². The van der Waals surface area contributed by atoms with Crippen LogP contribution in [0.15, 0.2) is 34.2 Å². The maximum absolute atomic E-state index is 12.0. The highest BCUT2D eigenvalue weighted by Gasteiger charge is 2.13. The van der Waals surface area contributed by atoms with E-state index in [9.17, 15) is 9.59 Å². The molecule has 0 aliphatic carbocycles. The van der Waals surface area contributed by atoms with Crippen molar-refractivity contribution in [2.45, 2.75) is 31.2 Å². The van der Waals surface area contributed by atoms with Gasteiger partial charge in [-0.05, 0) is 45.0 Å². The average Bonchev–Trinajstić information content (AvgIpc) is 2.59. The summed E-state index contributed by atoms with van der Waals surface area (Å²) in [6.45, 7) is 6.44. The third-order valence-electron chi connectivity index (χ3n) is 3.28. The number of carbonyl (C=O) groups excluding carboxylic acids is 2. The monoisotopic (exact) mass is 555 g/mol. The smallest absolute Gasteiger partial charge is 0.242 e. The first-order valence-corrected chi connectivity index (χ1v) is 10.3. The molecule has 1 rings (SSSR count). The molecule has 0 heterocycles. The summed E-state index contributed by atoms with van der Waals surface area (Å²) in [6.07, 6.45) is 0. The summed E-state index contributed by atoms with van der Waals surface area (Å²) < 4.78 is 0. The zero-order valence-corrected chi connectivity index (χ0v) is 21.4. The Kier molecular flexibility index (Phi) is 13.3. The number of hydrogen-bond acceptors (Lipinski definition) is 4. The van der Waals surface area contributed by atoms with Crippen LogP contribution in [0.4, 0.5) is 0 Å². The Labute approximate surface area is 199 Å². The summed E-state index contributed by atoms with van der Waals surface area (Å²) in [5.41, 5.74) is -0.316. The molecule has 0 fully saturated rings. The van der Waals surface area contributed by atoms with Gasteiger partial charge in [0, 0.05) is 41.8 Å². The van der Waals surface area contributed by atoms with E-state index in [-0.39, 0.29) is 54.4 Å². The molecule has 0 spiro atoms. The molecule has 0 aliphatic heterocycles. The second kappa shape index (κ2) is 13.9. The molecule has 10 heteroatoms. The number of aliphatic imine (C=N–C) groups is 1. The molecule has 2 amide bonds. The maximum atomic E-state index is 12.0. The fourth-order valence-electron chi connectivity index (χ4n) is 1.97. The molecule has 0 bridgehead atoms. The van der Waals surface area contributed by atoms with Gasteiger partial charge in [0.2, 0.25) is 11.8 Å². The lowest BCUT2D eigenvalue weighted by Crippen LogP contribution is -2.45. The van der Waals surface area contributed by atoms with Crippen molar-refractivity contribution in [3.63, 3.8) is 0 Å². The number of nitrogens with zero attached hydrogens (tertiary/aromatic N) is 2. The lowest BCUT2D eigenvalue weighted by molar-refractivity contribution is -0.127. The van der Waals surface area contributed by atoms with Gasteiger partial charge in [0.25, 0.3) is 0 Å². The van der Waals surface area contributed by atoms with E-state index in [1.54, 1.807) is 25.9 Å². The Bertz CT molecular complexity index is 678.